The number of aryl methyl sites for hydroxylation is 1. The molecule has 0 aromatic heterocycles. The van der Waals surface area contributed by atoms with E-state index >= 15 is 0 Å². The van der Waals surface area contributed by atoms with Crippen molar-refractivity contribution in [1.82, 2.24) is 5.43 Å². The molecule has 3 rings (SSSR count). The Bertz CT molecular complexity index is 1080. The Morgan fingerprint density at radius 1 is 1.24 bits per heavy atom. The molecule has 0 saturated carbocycles. The second-order valence-corrected chi connectivity index (χ2v) is 7.50. The zero-order chi connectivity index (χ0) is 21.0. The molecule has 0 atom stereocenters. The Kier molecular flexibility index (Phi) is 6.39. The van der Waals surface area contributed by atoms with Crippen LogP contribution in [0.3, 0.4) is 0 Å². The number of ether oxygens (including phenoxy) is 1. The van der Waals surface area contributed by atoms with E-state index in [4.69, 9.17) is 16.3 Å². The van der Waals surface area contributed by atoms with E-state index < -0.39 is 5.91 Å². The monoisotopic (exact) mass is 410 g/mol. The SMILES string of the molecule is Cc1cc(OCC(=O)NN=Cc2c(O)ccc3ccccc23)c(C(C)C)cc1Cl. The zero-order valence-electron chi connectivity index (χ0n) is 16.6. The summed E-state index contributed by atoms with van der Waals surface area (Å²) in [5.41, 5.74) is 4.81. The van der Waals surface area contributed by atoms with Crippen molar-refractivity contribution in [2.24, 2.45) is 5.10 Å². The summed E-state index contributed by atoms with van der Waals surface area (Å²) in [4.78, 5) is 12.1. The molecular weight excluding hydrogens is 388 g/mol. The van der Waals surface area contributed by atoms with Crippen LogP contribution in [0.4, 0.5) is 0 Å². The van der Waals surface area contributed by atoms with Gasteiger partial charge in [-0.25, -0.2) is 5.43 Å². The van der Waals surface area contributed by atoms with Gasteiger partial charge in [0.2, 0.25) is 0 Å². The van der Waals surface area contributed by atoms with Crippen molar-refractivity contribution in [3.05, 3.63) is 70.2 Å². The predicted molar refractivity (Wildman–Crippen MR) is 117 cm³/mol. The number of phenols is 1. The molecule has 29 heavy (non-hydrogen) atoms. The van der Waals surface area contributed by atoms with Crippen LogP contribution in [0.1, 0.15) is 36.5 Å². The third kappa shape index (κ3) is 4.87. The van der Waals surface area contributed by atoms with Crippen LogP contribution in [0.25, 0.3) is 10.8 Å². The van der Waals surface area contributed by atoms with Gasteiger partial charge in [-0.05, 0) is 52.9 Å². The molecule has 0 fully saturated rings. The third-order valence-corrected chi connectivity index (χ3v) is 5.01. The molecular formula is C23H23ClN2O3. The highest BCUT2D eigenvalue weighted by Crippen LogP contribution is 2.32. The van der Waals surface area contributed by atoms with E-state index in [1.807, 2.05) is 63.2 Å². The number of benzene rings is 3. The van der Waals surface area contributed by atoms with Crippen molar-refractivity contribution in [2.75, 3.05) is 6.61 Å². The van der Waals surface area contributed by atoms with E-state index in [1.54, 1.807) is 6.07 Å². The van der Waals surface area contributed by atoms with Gasteiger partial charge in [-0.15, -0.1) is 0 Å². The Labute approximate surface area is 175 Å². The maximum Gasteiger partial charge on any atom is 0.277 e. The van der Waals surface area contributed by atoms with Gasteiger partial charge in [-0.3, -0.25) is 4.79 Å². The van der Waals surface area contributed by atoms with Gasteiger partial charge in [0, 0.05) is 10.6 Å². The summed E-state index contributed by atoms with van der Waals surface area (Å²) in [6.07, 6.45) is 1.43. The van der Waals surface area contributed by atoms with E-state index in [9.17, 15) is 9.90 Å². The number of nitrogens with zero attached hydrogens (tertiary/aromatic N) is 1. The highest BCUT2D eigenvalue weighted by molar-refractivity contribution is 6.31. The summed E-state index contributed by atoms with van der Waals surface area (Å²) >= 11 is 6.20. The number of nitrogens with one attached hydrogen (secondary N) is 1. The highest BCUT2D eigenvalue weighted by atomic mass is 35.5. The average molecular weight is 411 g/mol. The zero-order valence-corrected chi connectivity index (χ0v) is 17.3. The molecule has 1 amide bonds. The van der Waals surface area contributed by atoms with Gasteiger partial charge in [0.1, 0.15) is 11.5 Å². The second kappa shape index (κ2) is 8.97. The molecule has 0 aliphatic rings. The second-order valence-electron chi connectivity index (χ2n) is 7.10. The lowest BCUT2D eigenvalue weighted by Gasteiger charge is -2.15. The quantitative estimate of drug-likeness (QED) is 0.435. The first kappa shape index (κ1) is 20.7. The van der Waals surface area contributed by atoms with Crippen LogP contribution < -0.4 is 10.2 Å². The van der Waals surface area contributed by atoms with Gasteiger partial charge in [0.15, 0.2) is 6.61 Å². The number of halogens is 1. The largest absolute Gasteiger partial charge is 0.507 e. The lowest BCUT2D eigenvalue weighted by atomic mass is 10.0. The molecule has 0 unspecified atom stereocenters. The molecule has 0 spiro atoms. The molecule has 0 aliphatic carbocycles. The molecule has 3 aromatic carbocycles. The Balaban J connectivity index is 1.67. The van der Waals surface area contributed by atoms with Crippen molar-refractivity contribution >= 4 is 34.5 Å². The summed E-state index contributed by atoms with van der Waals surface area (Å²) in [7, 11) is 0. The number of rotatable bonds is 6. The maximum atomic E-state index is 12.1. The van der Waals surface area contributed by atoms with Gasteiger partial charge in [-0.1, -0.05) is 55.8 Å². The summed E-state index contributed by atoms with van der Waals surface area (Å²) in [5, 5.41) is 16.6. The summed E-state index contributed by atoms with van der Waals surface area (Å²) in [6.45, 7) is 5.78. The minimum atomic E-state index is -0.400. The number of hydrogen-bond donors (Lipinski definition) is 2. The van der Waals surface area contributed by atoms with Crippen molar-refractivity contribution < 1.29 is 14.6 Å². The van der Waals surface area contributed by atoms with Crippen LogP contribution in [0.5, 0.6) is 11.5 Å². The molecule has 0 bridgehead atoms. The van der Waals surface area contributed by atoms with Gasteiger partial charge in [-0.2, -0.15) is 5.10 Å². The Morgan fingerprint density at radius 2 is 2.00 bits per heavy atom. The first-order valence-corrected chi connectivity index (χ1v) is 9.70. The van der Waals surface area contributed by atoms with Crippen LogP contribution in [0.15, 0.2) is 53.6 Å². The van der Waals surface area contributed by atoms with Crippen LogP contribution in [0, 0.1) is 6.92 Å². The number of hydrogen-bond acceptors (Lipinski definition) is 4. The molecule has 6 heteroatoms. The highest BCUT2D eigenvalue weighted by Gasteiger charge is 2.12. The van der Waals surface area contributed by atoms with Crippen LogP contribution in [-0.4, -0.2) is 23.8 Å². The summed E-state index contributed by atoms with van der Waals surface area (Å²) in [5.74, 6) is 0.533. The third-order valence-electron chi connectivity index (χ3n) is 4.60. The number of aromatic hydroxyl groups is 1. The molecule has 0 saturated heterocycles. The standard InChI is InChI=1S/C23H23ClN2O3/c1-14(2)18-11-20(24)15(3)10-22(18)29-13-23(28)26-25-12-19-17-7-5-4-6-16(17)8-9-21(19)27/h4-12,14,27H,13H2,1-3H3,(H,26,28). The number of fused-ring (bicyclic) bond motifs is 1. The fourth-order valence-electron chi connectivity index (χ4n) is 3.01. The van der Waals surface area contributed by atoms with Crippen LogP contribution >= 0.6 is 11.6 Å². The smallest absolute Gasteiger partial charge is 0.277 e. The average Bonchev–Trinajstić information content (AvgIpc) is 2.70. The lowest BCUT2D eigenvalue weighted by molar-refractivity contribution is -0.123. The van der Waals surface area contributed by atoms with Crippen molar-refractivity contribution in [1.29, 1.82) is 0 Å². The van der Waals surface area contributed by atoms with Crippen LogP contribution in [-0.2, 0) is 4.79 Å². The first-order valence-electron chi connectivity index (χ1n) is 9.32. The molecule has 3 aromatic rings. The van der Waals surface area contributed by atoms with Crippen LogP contribution in [0.2, 0.25) is 5.02 Å². The number of carbonyl (C=O) groups excluding carboxylic acids is 1. The minimum absolute atomic E-state index is 0.0937. The molecule has 2 N–H and O–H groups in total. The van der Waals surface area contributed by atoms with Gasteiger partial charge in [0.25, 0.3) is 5.91 Å². The number of hydrazone groups is 1. The summed E-state index contributed by atoms with van der Waals surface area (Å²) in [6, 6.07) is 14.8. The first-order chi connectivity index (χ1) is 13.9. The molecule has 5 nitrogen and oxygen atoms in total. The molecule has 150 valence electrons. The summed E-state index contributed by atoms with van der Waals surface area (Å²) < 4.78 is 5.70. The number of phenolic OH excluding ortho intramolecular Hbond substituents is 1. The van der Waals surface area contributed by atoms with Gasteiger partial charge in [0.05, 0.1) is 6.21 Å². The fourth-order valence-corrected chi connectivity index (χ4v) is 3.18. The Hall–Kier alpha value is -3.05. The van der Waals surface area contributed by atoms with Gasteiger partial charge >= 0.3 is 0 Å². The van der Waals surface area contributed by atoms with Crippen molar-refractivity contribution in [2.45, 2.75) is 26.7 Å². The fraction of sp³-hybridized carbons (Fsp3) is 0.217. The van der Waals surface area contributed by atoms with Crippen molar-refractivity contribution in [3.8, 4) is 11.5 Å². The Morgan fingerprint density at radius 3 is 2.76 bits per heavy atom. The van der Waals surface area contributed by atoms with Gasteiger partial charge < -0.3 is 9.84 Å². The van der Waals surface area contributed by atoms with E-state index in [-0.39, 0.29) is 18.3 Å². The van der Waals surface area contributed by atoms with E-state index in [2.05, 4.69) is 10.5 Å². The minimum Gasteiger partial charge on any atom is -0.507 e. The molecule has 0 radical (unpaired) electrons. The number of carbonyl (C=O) groups is 1. The van der Waals surface area contributed by atoms with E-state index in [0.29, 0.717) is 16.3 Å². The molecule has 0 aliphatic heterocycles. The molecule has 0 heterocycles. The normalized spacial score (nSPS) is 11.3. The number of amides is 1. The van der Waals surface area contributed by atoms with E-state index in [1.165, 1.54) is 6.21 Å². The van der Waals surface area contributed by atoms with E-state index in [0.717, 1.165) is 21.9 Å². The predicted octanol–water partition coefficient (Wildman–Crippen LogP) is 5.16. The maximum absolute atomic E-state index is 12.1. The van der Waals surface area contributed by atoms with Crippen molar-refractivity contribution in [3.63, 3.8) is 0 Å². The topological polar surface area (TPSA) is 70.9 Å². The lowest BCUT2D eigenvalue weighted by Crippen LogP contribution is -2.25.